The van der Waals surface area contributed by atoms with E-state index in [-0.39, 0.29) is 6.10 Å². The molecule has 0 radical (unpaired) electrons. The van der Waals surface area contributed by atoms with E-state index in [1.54, 1.807) is 0 Å². The average molecular weight is 332 g/mol. The van der Waals surface area contributed by atoms with Crippen molar-refractivity contribution in [3.63, 3.8) is 0 Å². The summed E-state index contributed by atoms with van der Waals surface area (Å²) in [6.45, 7) is 7.97. The van der Waals surface area contributed by atoms with Gasteiger partial charge in [0.05, 0.1) is 12.6 Å². The van der Waals surface area contributed by atoms with Gasteiger partial charge in [0.2, 0.25) is 0 Å². The van der Waals surface area contributed by atoms with E-state index in [1.165, 1.54) is 5.69 Å². The van der Waals surface area contributed by atoms with E-state index in [0.29, 0.717) is 4.77 Å². The van der Waals surface area contributed by atoms with Crippen LogP contribution in [-0.2, 0) is 11.3 Å². The van der Waals surface area contributed by atoms with Crippen LogP contribution in [0.2, 0.25) is 0 Å². The molecule has 1 atom stereocenters. The summed E-state index contributed by atoms with van der Waals surface area (Å²) < 4.78 is 8.45. The number of hydrogen-bond acceptors (Lipinski definition) is 4. The molecule has 0 bridgehead atoms. The Morgan fingerprint density at radius 3 is 2.65 bits per heavy atom. The standard InChI is InChI=1S/C17H24N4OS/c1-3-20(4-2)14-9-7-13(8-10-14)16-18-19-17(23)21(16)12-15-6-5-11-22-15/h7-10,15H,3-6,11-12H2,1-2H3,(H,19,23)/t15-/m0/s1. The molecule has 0 saturated carbocycles. The smallest absolute Gasteiger partial charge is 0.195 e. The fraction of sp³-hybridized carbons (Fsp3) is 0.529. The van der Waals surface area contributed by atoms with E-state index in [9.17, 15) is 0 Å². The zero-order chi connectivity index (χ0) is 16.2. The van der Waals surface area contributed by atoms with Gasteiger partial charge < -0.3 is 9.64 Å². The maximum absolute atomic E-state index is 5.74. The largest absolute Gasteiger partial charge is 0.376 e. The van der Waals surface area contributed by atoms with Gasteiger partial charge in [-0.15, -0.1) is 0 Å². The number of nitrogens with zero attached hydrogens (tertiary/aromatic N) is 3. The van der Waals surface area contributed by atoms with Crippen molar-refractivity contribution >= 4 is 17.9 Å². The minimum absolute atomic E-state index is 0.244. The van der Waals surface area contributed by atoms with Crippen molar-refractivity contribution in [1.82, 2.24) is 14.8 Å². The third kappa shape index (κ3) is 3.48. The van der Waals surface area contributed by atoms with Crippen LogP contribution < -0.4 is 4.90 Å². The summed E-state index contributed by atoms with van der Waals surface area (Å²) in [5.41, 5.74) is 2.31. The van der Waals surface area contributed by atoms with Gasteiger partial charge in [-0.3, -0.25) is 9.67 Å². The number of anilines is 1. The molecule has 0 aliphatic carbocycles. The predicted molar refractivity (Wildman–Crippen MR) is 95.4 cm³/mol. The Balaban J connectivity index is 1.85. The van der Waals surface area contributed by atoms with Crippen LogP contribution in [0.25, 0.3) is 11.4 Å². The second-order valence-electron chi connectivity index (χ2n) is 5.82. The van der Waals surface area contributed by atoms with Gasteiger partial charge in [-0.05, 0) is 63.2 Å². The second kappa shape index (κ2) is 7.27. The second-order valence-corrected chi connectivity index (χ2v) is 6.20. The highest BCUT2D eigenvalue weighted by Gasteiger charge is 2.19. The molecule has 1 aliphatic rings. The van der Waals surface area contributed by atoms with Crippen LogP contribution in [0.15, 0.2) is 24.3 Å². The van der Waals surface area contributed by atoms with Crippen molar-refractivity contribution in [2.45, 2.75) is 39.3 Å². The first-order valence-electron chi connectivity index (χ1n) is 8.35. The number of aromatic amines is 1. The molecule has 1 aromatic carbocycles. The zero-order valence-corrected chi connectivity index (χ0v) is 14.6. The minimum Gasteiger partial charge on any atom is -0.376 e. The van der Waals surface area contributed by atoms with Gasteiger partial charge in [0.15, 0.2) is 10.6 Å². The molecule has 5 nitrogen and oxygen atoms in total. The van der Waals surface area contributed by atoms with Crippen molar-refractivity contribution in [3.05, 3.63) is 29.0 Å². The summed E-state index contributed by atoms with van der Waals surface area (Å²) in [5.74, 6) is 0.886. The van der Waals surface area contributed by atoms with Crippen molar-refractivity contribution in [2.75, 3.05) is 24.6 Å². The molecule has 1 aliphatic heterocycles. The van der Waals surface area contributed by atoms with Crippen molar-refractivity contribution in [3.8, 4) is 11.4 Å². The molecule has 0 unspecified atom stereocenters. The van der Waals surface area contributed by atoms with Crippen LogP contribution in [-0.4, -0.2) is 40.6 Å². The lowest BCUT2D eigenvalue weighted by Crippen LogP contribution is -2.21. The average Bonchev–Trinajstić information content (AvgIpc) is 3.21. The highest BCUT2D eigenvalue weighted by Crippen LogP contribution is 2.23. The molecule has 2 aromatic rings. The van der Waals surface area contributed by atoms with E-state index in [2.05, 4.69) is 57.8 Å². The first-order chi connectivity index (χ1) is 11.2. The van der Waals surface area contributed by atoms with E-state index in [1.807, 2.05) is 0 Å². The SMILES string of the molecule is CCN(CC)c1ccc(-c2n[nH]c(=S)n2C[C@@H]2CCCO2)cc1. The Labute approximate surface area is 142 Å². The van der Waals surface area contributed by atoms with Gasteiger partial charge in [-0.1, -0.05) is 0 Å². The highest BCUT2D eigenvalue weighted by atomic mass is 32.1. The topological polar surface area (TPSA) is 46.1 Å². The number of benzene rings is 1. The molecule has 23 heavy (non-hydrogen) atoms. The van der Waals surface area contributed by atoms with Crippen LogP contribution in [0, 0.1) is 4.77 Å². The van der Waals surface area contributed by atoms with Gasteiger partial charge >= 0.3 is 0 Å². The number of rotatable bonds is 6. The van der Waals surface area contributed by atoms with Gasteiger partial charge in [-0.25, -0.2) is 0 Å². The Kier molecular flexibility index (Phi) is 5.13. The molecule has 1 N–H and O–H groups in total. The lowest BCUT2D eigenvalue weighted by atomic mass is 10.1. The van der Waals surface area contributed by atoms with Crippen molar-refractivity contribution in [2.24, 2.45) is 0 Å². The molecule has 0 amide bonds. The third-order valence-corrected chi connectivity index (χ3v) is 4.73. The molecule has 6 heteroatoms. The van der Waals surface area contributed by atoms with E-state index in [4.69, 9.17) is 17.0 Å². The third-order valence-electron chi connectivity index (χ3n) is 4.42. The molecule has 3 rings (SSSR count). The molecule has 124 valence electrons. The lowest BCUT2D eigenvalue weighted by molar-refractivity contribution is 0.0970. The maximum Gasteiger partial charge on any atom is 0.195 e. The molecule has 1 fully saturated rings. The van der Waals surface area contributed by atoms with E-state index in [0.717, 1.165) is 50.5 Å². The van der Waals surface area contributed by atoms with Gasteiger partial charge in [0.25, 0.3) is 0 Å². The Hall–Kier alpha value is -1.66. The summed E-state index contributed by atoms with van der Waals surface area (Å²) in [5, 5.41) is 7.34. The minimum atomic E-state index is 0.244. The monoisotopic (exact) mass is 332 g/mol. The van der Waals surface area contributed by atoms with Gasteiger partial charge in [0.1, 0.15) is 0 Å². The number of nitrogens with one attached hydrogen (secondary N) is 1. The zero-order valence-electron chi connectivity index (χ0n) is 13.8. The molecule has 1 aromatic heterocycles. The number of ether oxygens (including phenoxy) is 1. The first-order valence-corrected chi connectivity index (χ1v) is 8.76. The summed E-state index contributed by atoms with van der Waals surface area (Å²) >= 11 is 5.39. The Bertz CT molecular complexity index is 681. The van der Waals surface area contributed by atoms with E-state index >= 15 is 0 Å². The summed E-state index contributed by atoms with van der Waals surface area (Å²) in [4.78, 5) is 2.33. The van der Waals surface area contributed by atoms with Crippen molar-refractivity contribution < 1.29 is 4.74 Å². The highest BCUT2D eigenvalue weighted by molar-refractivity contribution is 7.71. The lowest BCUT2D eigenvalue weighted by Gasteiger charge is -2.21. The summed E-state index contributed by atoms with van der Waals surface area (Å²) in [7, 11) is 0. The molecule has 1 saturated heterocycles. The fourth-order valence-electron chi connectivity index (χ4n) is 3.11. The molecule has 0 spiro atoms. The number of hydrogen-bond donors (Lipinski definition) is 1. The molecule has 2 heterocycles. The first kappa shape index (κ1) is 16.2. The van der Waals surface area contributed by atoms with Gasteiger partial charge in [-0.2, -0.15) is 5.10 Å². The van der Waals surface area contributed by atoms with Crippen LogP contribution in [0.3, 0.4) is 0 Å². The van der Waals surface area contributed by atoms with Crippen molar-refractivity contribution in [1.29, 1.82) is 0 Å². The molecular weight excluding hydrogens is 308 g/mol. The van der Waals surface area contributed by atoms with Crippen LogP contribution in [0.5, 0.6) is 0 Å². The van der Waals surface area contributed by atoms with Crippen LogP contribution in [0.4, 0.5) is 5.69 Å². The van der Waals surface area contributed by atoms with E-state index < -0.39 is 0 Å². The maximum atomic E-state index is 5.74. The fourth-order valence-corrected chi connectivity index (χ4v) is 3.32. The van der Waals surface area contributed by atoms with Crippen LogP contribution in [0.1, 0.15) is 26.7 Å². The summed E-state index contributed by atoms with van der Waals surface area (Å²) in [6.07, 6.45) is 2.46. The van der Waals surface area contributed by atoms with Gasteiger partial charge in [0, 0.05) is 30.9 Å². The Morgan fingerprint density at radius 2 is 2.04 bits per heavy atom. The Morgan fingerprint density at radius 1 is 1.30 bits per heavy atom. The normalized spacial score (nSPS) is 17.6. The quantitative estimate of drug-likeness (QED) is 0.821. The number of H-pyrrole nitrogens is 1. The number of aromatic nitrogens is 3. The summed E-state index contributed by atoms with van der Waals surface area (Å²) in [6, 6.07) is 8.53. The predicted octanol–water partition coefficient (Wildman–Crippen LogP) is 3.63. The molecular formula is C17H24N4OS. The van der Waals surface area contributed by atoms with Crippen LogP contribution >= 0.6 is 12.2 Å².